The molecule has 1 aliphatic heterocycles. The van der Waals surface area contributed by atoms with E-state index in [9.17, 15) is 4.39 Å². The molecule has 3 heteroatoms. The van der Waals surface area contributed by atoms with Gasteiger partial charge in [0, 0.05) is 42.1 Å². The molecule has 1 atom stereocenters. The largest absolute Gasteiger partial charge is 0.344 e. The molecule has 0 aliphatic carbocycles. The number of halogens is 1. The molecule has 0 bridgehead atoms. The molecule has 0 saturated heterocycles. The van der Waals surface area contributed by atoms with Crippen LogP contribution in [0.5, 0.6) is 0 Å². The Hall–Kier alpha value is -2.13. The fraction of sp³-hybridized carbons (Fsp3) is 0.364. The average Bonchev–Trinajstić information content (AvgIpc) is 2.91. The first kappa shape index (κ1) is 16.3. The lowest BCUT2D eigenvalue weighted by Crippen LogP contribution is -2.31. The van der Waals surface area contributed by atoms with Gasteiger partial charge >= 0.3 is 0 Å². The van der Waals surface area contributed by atoms with Crippen LogP contribution in [0.15, 0.2) is 42.5 Å². The van der Waals surface area contributed by atoms with Gasteiger partial charge in [0.1, 0.15) is 5.82 Å². The zero-order valence-corrected chi connectivity index (χ0v) is 15.2. The molecule has 0 radical (unpaired) electrons. The summed E-state index contributed by atoms with van der Waals surface area (Å²) < 4.78 is 16.5. The van der Waals surface area contributed by atoms with E-state index in [0.717, 1.165) is 31.5 Å². The third-order valence-electron chi connectivity index (χ3n) is 5.71. The molecule has 130 valence electrons. The summed E-state index contributed by atoms with van der Waals surface area (Å²) in [5.41, 5.74) is 6.27. The van der Waals surface area contributed by atoms with Gasteiger partial charge in [-0.05, 0) is 56.6 Å². The standard InChI is InChI=1S/C22H25FN2/c1-15-8-9-20-18(14-15)22-16(2)24(3)12-11-21(22)25(20)13-10-17-6-4-5-7-19(17)23/h4-9,14,16H,10-13H2,1-3H3. The molecule has 2 aromatic carbocycles. The molecule has 4 rings (SSSR count). The Morgan fingerprint density at radius 2 is 1.96 bits per heavy atom. The number of hydrogen-bond donors (Lipinski definition) is 0. The Labute approximate surface area is 148 Å². The van der Waals surface area contributed by atoms with E-state index < -0.39 is 0 Å². The summed E-state index contributed by atoms with van der Waals surface area (Å²) >= 11 is 0. The molecule has 3 aromatic rings. The summed E-state index contributed by atoms with van der Waals surface area (Å²) in [5, 5.41) is 1.36. The number of nitrogens with zero attached hydrogens (tertiary/aromatic N) is 2. The third kappa shape index (κ3) is 2.77. The van der Waals surface area contributed by atoms with Crippen molar-refractivity contribution >= 4 is 10.9 Å². The maximum Gasteiger partial charge on any atom is 0.126 e. The molecule has 0 spiro atoms. The van der Waals surface area contributed by atoms with Gasteiger partial charge in [0.15, 0.2) is 0 Å². The van der Waals surface area contributed by atoms with Crippen molar-refractivity contribution in [2.24, 2.45) is 0 Å². The van der Waals surface area contributed by atoms with Crippen LogP contribution >= 0.6 is 0 Å². The van der Waals surface area contributed by atoms with Crippen molar-refractivity contribution < 1.29 is 4.39 Å². The summed E-state index contributed by atoms with van der Waals surface area (Å²) in [7, 11) is 2.20. The van der Waals surface area contributed by atoms with Crippen LogP contribution < -0.4 is 0 Å². The molecule has 0 amide bonds. The van der Waals surface area contributed by atoms with Crippen molar-refractivity contribution in [3.63, 3.8) is 0 Å². The van der Waals surface area contributed by atoms with Crippen LogP contribution in [0, 0.1) is 12.7 Å². The Kier molecular flexibility index (Phi) is 4.12. The Morgan fingerprint density at radius 1 is 1.16 bits per heavy atom. The molecular weight excluding hydrogens is 311 g/mol. The van der Waals surface area contributed by atoms with Gasteiger partial charge in [-0.15, -0.1) is 0 Å². The normalized spacial score (nSPS) is 17.8. The molecule has 2 heterocycles. The van der Waals surface area contributed by atoms with Gasteiger partial charge in [-0.25, -0.2) is 4.39 Å². The van der Waals surface area contributed by atoms with Gasteiger partial charge in [-0.2, -0.15) is 0 Å². The van der Waals surface area contributed by atoms with Crippen molar-refractivity contribution in [2.45, 2.75) is 39.3 Å². The van der Waals surface area contributed by atoms with Crippen LogP contribution in [-0.4, -0.2) is 23.1 Å². The van der Waals surface area contributed by atoms with E-state index in [4.69, 9.17) is 0 Å². The quantitative estimate of drug-likeness (QED) is 0.662. The van der Waals surface area contributed by atoms with Crippen molar-refractivity contribution in [1.82, 2.24) is 9.47 Å². The Morgan fingerprint density at radius 3 is 2.76 bits per heavy atom. The second-order valence-corrected chi connectivity index (χ2v) is 7.28. The zero-order chi connectivity index (χ0) is 17.6. The molecule has 25 heavy (non-hydrogen) atoms. The summed E-state index contributed by atoms with van der Waals surface area (Å²) in [4.78, 5) is 2.42. The van der Waals surface area contributed by atoms with E-state index in [1.807, 2.05) is 12.1 Å². The Bertz CT molecular complexity index is 925. The summed E-state index contributed by atoms with van der Waals surface area (Å²) in [6.07, 6.45) is 1.78. The average molecular weight is 336 g/mol. The number of benzene rings is 2. The van der Waals surface area contributed by atoms with E-state index in [-0.39, 0.29) is 5.82 Å². The molecule has 2 nitrogen and oxygen atoms in total. The SMILES string of the molecule is Cc1ccc2c(c1)c1c(n2CCc2ccccc2F)CCN(C)C1C. The number of rotatable bonds is 3. The van der Waals surface area contributed by atoms with Gasteiger partial charge < -0.3 is 4.57 Å². The first-order chi connectivity index (χ1) is 12.1. The predicted molar refractivity (Wildman–Crippen MR) is 102 cm³/mol. The number of likely N-dealkylation sites (N-methyl/N-ethyl adjacent to an activating group) is 1. The van der Waals surface area contributed by atoms with Crippen LogP contribution in [0.25, 0.3) is 10.9 Å². The summed E-state index contributed by atoms with van der Waals surface area (Å²) in [6.45, 7) is 6.34. The lowest BCUT2D eigenvalue weighted by molar-refractivity contribution is 0.245. The minimum absolute atomic E-state index is 0.100. The number of aryl methyl sites for hydroxylation is 3. The fourth-order valence-electron chi connectivity index (χ4n) is 4.17. The second kappa shape index (κ2) is 6.30. The van der Waals surface area contributed by atoms with Gasteiger partial charge in [0.2, 0.25) is 0 Å². The number of hydrogen-bond acceptors (Lipinski definition) is 1. The fourth-order valence-corrected chi connectivity index (χ4v) is 4.17. The smallest absolute Gasteiger partial charge is 0.126 e. The summed E-state index contributed by atoms with van der Waals surface area (Å²) in [5.74, 6) is -0.100. The van der Waals surface area contributed by atoms with Crippen molar-refractivity contribution in [3.05, 3.63) is 70.7 Å². The lowest BCUT2D eigenvalue weighted by Gasteiger charge is -2.31. The molecule has 1 unspecified atom stereocenters. The second-order valence-electron chi connectivity index (χ2n) is 7.28. The van der Waals surface area contributed by atoms with E-state index in [1.165, 1.54) is 27.7 Å². The monoisotopic (exact) mass is 336 g/mol. The highest BCUT2D eigenvalue weighted by atomic mass is 19.1. The molecular formula is C22H25FN2. The van der Waals surface area contributed by atoms with Crippen LogP contribution in [0.1, 0.15) is 35.3 Å². The van der Waals surface area contributed by atoms with E-state index in [1.54, 1.807) is 12.1 Å². The topological polar surface area (TPSA) is 8.17 Å². The maximum absolute atomic E-state index is 14.0. The van der Waals surface area contributed by atoms with Crippen LogP contribution in [0.3, 0.4) is 0 Å². The van der Waals surface area contributed by atoms with Gasteiger partial charge in [0.25, 0.3) is 0 Å². The van der Waals surface area contributed by atoms with Crippen LogP contribution in [0.4, 0.5) is 4.39 Å². The highest BCUT2D eigenvalue weighted by Gasteiger charge is 2.27. The van der Waals surface area contributed by atoms with Gasteiger partial charge in [0.05, 0.1) is 0 Å². The minimum atomic E-state index is -0.100. The highest BCUT2D eigenvalue weighted by Crippen LogP contribution is 2.37. The number of aromatic nitrogens is 1. The van der Waals surface area contributed by atoms with Gasteiger partial charge in [-0.3, -0.25) is 4.90 Å². The molecule has 0 N–H and O–H groups in total. The van der Waals surface area contributed by atoms with Gasteiger partial charge in [-0.1, -0.05) is 29.8 Å². The van der Waals surface area contributed by atoms with E-state index in [0.29, 0.717) is 6.04 Å². The first-order valence-corrected chi connectivity index (χ1v) is 9.11. The molecule has 0 fully saturated rings. The van der Waals surface area contributed by atoms with Crippen LogP contribution in [0.2, 0.25) is 0 Å². The van der Waals surface area contributed by atoms with Crippen LogP contribution in [-0.2, 0) is 19.4 Å². The third-order valence-corrected chi connectivity index (χ3v) is 5.71. The Balaban J connectivity index is 1.80. The zero-order valence-electron chi connectivity index (χ0n) is 15.2. The predicted octanol–water partition coefficient (Wildman–Crippen LogP) is 4.88. The first-order valence-electron chi connectivity index (χ1n) is 9.11. The van der Waals surface area contributed by atoms with E-state index >= 15 is 0 Å². The highest BCUT2D eigenvalue weighted by molar-refractivity contribution is 5.87. The molecule has 0 saturated carbocycles. The lowest BCUT2D eigenvalue weighted by atomic mass is 9.97. The van der Waals surface area contributed by atoms with Crippen molar-refractivity contribution in [1.29, 1.82) is 0 Å². The molecule has 1 aromatic heterocycles. The summed E-state index contributed by atoms with van der Waals surface area (Å²) in [6, 6.07) is 14.3. The van der Waals surface area contributed by atoms with Crippen molar-refractivity contribution in [2.75, 3.05) is 13.6 Å². The maximum atomic E-state index is 14.0. The van der Waals surface area contributed by atoms with Crippen molar-refractivity contribution in [3.8, 4) is 0 Å². The van der Waals surface area contributed by atoms with E-state index in [2.05, 4.69) is 48.6 Å². The number of fused-ring (bicyclic) bond motifs is 3. The molecule has 1 aliphatic rings. The minimum Gasteiger partial charge on any atom is -0.344 e.